The van der Waals surface area contributed by atoms with Crippen LogP contribution in [0.25, 0.3) is 0 Å². The number of amides is 1. The highest BCUT2D eigenvalue weighted by atomic mass is 16.6. The van der Waals surface area contributed by atoms with Crippen LogP contribution in [-0.2, 0) is 17.7 Å². The van der Waals surface area contributed by atoms with Crippen LogP contribution in [0.2, 0.25) is 0 Å². The number of hydrogen-bond donors (Lipinski definition) is 2. The lowest BCUT2D eigenvalue weighted by Crippen LogP contribution is -2.36. The fourth-order valence-electron chi connectivity index (χ4n) is 2.41. The maximum absolute atomic E-state index is 12.2. The molecule has 114 valence electrons. The molecule has 0 fully saturated rings. The van der Waals surface area contributed by atoms with Gasteiger partial charge >= 0.3 is 6.09 Å². The Kier molecular flexibility index (Phi) is 4.21. The first-order valence-electron chi connectivity index (χ1n) is 7.20. The average Bonchev–Trinajstić information content (AvgIpc) is 2.57. The van der Waals surface area contributed by atoms with Gasteiger partial charge in [0.15, 0.2) is 0 Å². The summed E-state index contributed by atoms with van der Waals surface area (Å²) in [7, 11) is 0. The standard InChI is InChI=1S/C16H23N3O2/c1-16(2,3)21-15(20)19-8-4-5-11-9-12(14(17)18)6-7-13(11)10-19/h6-7,9H,4-5,8,10H2,1-3H3,(H3,17,18). The molecule has 3 N–H and O–H groups in total. The number of fused-ring (bicyclic) bond motifs is 1. The summed E-state index contributed by atoms with van der Waals surface area (Å²) in [5.74, 6) is 0.0750. The number of rotatable bonds is 1. The second-order valence-corrected chi connectivity index (χ2v) is 6.40. The van der Waals surface area contributed by atoms with E-state index in [-0.39, 0.29) is 11.9 Å². The molecule has 1 heterocycles. The van der Waals surface area contributed by atoms with Gasteiger partial charge in [-0.15, -0.1) is 0 Å². The molecule has 5 heteroatoms. The third kappa shape index (κ3) is 3.97. The summed E-state index contributed by atoms with van der Waals surface area (Å²) in [5.41, 5.74) is 8.05. The minimum absolute atomic E-state index is 0.0750. The largest absolute Gasteiger partial charge is 0.444 e. The molecule has 2 rings (SSSR count). The number of nitrogens with zero attached hydrogens (tertiary/aromatic N) is 1. The predicted molar refractivity (Wildman–Crippen MR) is 82.4 cm³/mol. The summed E-state index contributed by atoms with van der Waals surface area (Å²) in [4.78, 5) is 13.9. The second kappa shape index (κ2) is 5.76. The molecular formula is C16H23N3O2. The van der Waals surface area contributed by atoms with Gasteiger partial charge in [-0.2, -0.15) is 0 Å². The van der Waals surface area contributed by atoms with Crippen molar-refractivity contribution in [2.45, 2.75) is 45.8 Å². The summed E-state index contributed by atoms with van der Waals surface area (Å²) in [6, 6.07) is 5.74. The smallest absolute Gasteiger partial charge is 0.410 e. The maximum atomic E-state index is 12.2. The molecule has 5 nitrogen and oxygen atoms in total. The van der Waals surface area contributed by atoms with Crippen molar-refractivity contribution in [2.75, 3.05) is 6.54 Å². The van der Waals surface area contributed by atoms with Crippen molar-refractivity contribution in [3.8, 4) is 0 Å². The number of amidine groups is 1. The number of benzene rings is 1. The van der Waals surface area contributed by atoms with Crippen LogP contribution in [0.3, 0.4) is 0 Å². The number of ether oxygens (including phenoxy) is 1. The average molecular weight is 289 g/mol. The van der Waals surface area contributed by atoms with Crippen LogP contribution in [0.4, 0.5) is 4.79 Å². The van der Waals surface area contributed by atoms with Crippen LogP contribution in [0.5, 0.6) is 0 Å². The van der Waals surface area contributed by atoms with Crippen molar-refractivity contribution >= 4 is 11.9 Å². The highest BCUT2D eigenvalue weighted by molar-refractivity contribution is 5.95. The highest BCUT2D eigenvalue weighted by Crippen LogP contribution is 2.22. The molecule has 0 atom stereocenters. The molecule has 0 bridgehead atoms. The number of nitrogens with one attached hydrogen (secondary N) is 1. The number of carbonyl (C=O) groups is 1. The van der Waals surface area contributed by atoms with Gasteiger partial charge in [0, 0.05) is 18.7 Å². The molecule has 0 aliphatic carbocycles. The van der Waals surface area contributed by atoms with E-state index in [2.05, 4.69) is 0 Å². The first-order valence-corrected chi connectivity index (χ1v) is 7.20. The van der Waals surface area contributed by atoms with Crippen LogP contribution in [0, 0.1) is 5.41 Å². The molecular weight excluding hydrogens is 266 g/mol. The molecule has 21 heavy (non-hydrogen) atoms. The molecule has 1 aliphatic heterocycles. The van der Waals surface area contributed by atoms with Gasteiger partial charge in [0.2, 0.25) is 0 Å². The summed E-state index contributed by atoms with van der Waals surface area (Å²) >= 11 is 0. The monoisotopic (exact) mass is 289 g/mol. The Morgan fingerprint density at radius 1 is 1.33 bits per heavy atom. The SMILES string of the molecule is CC(C)(C)OC(=O)N1CCCc2cc(C(=N)N)ccc2C1. The van der Waals surface area contributed by atoms with Crippen LogP contribution >= 0.6 is 0 Å². The number of aryl methyl sites for hydroxylation is 1. The molecule has 1 aliphatic rings. The van der Waals surface area contributed by atoms with Crippen molar-refractivity contribution in [1.29, 1.82) is 5.41 Å². The lowest BCUT2D eigenvalue weighted by Gasteiger charge is -2.26. The highest BCUT2D eigenvalue weighted by Gasteiger charge is 2.24. The lowest BCUT2D eigenvalue weighted by atomic mass is 10.0. The van der Waals surface area contributed by atoms with E-state index in [4.69, 9.17) is 15.9 Å². The normalized spacial score (nSPS) is 15.1. The van der Waals surface area contributed by atoms with Crippen LogP contribution in [0.1, 0.15) is 43.9 Å². The van der Waals surface area contributed by atoms with Gasteiger partial charge in [-0.25, -0.2) is 4.79 Å². The molecule has 1 amide bonds. The molecule has 0 spiro atoms. The molecule has 0 unspecified atom stereocenters. The van der Waals surface area contributed by atoms with Crippen molar-refractivity contribution in [1.82, 2.24) is 4.90 Å². The Labute approximate surface area is 125 Å². The Hall–Kier alpha value is -2.04. The second-order valence-electron chi connectivity index (χ2n) is 6.40. The van der Waals surface area contributed by atoms with E-state index < -0.39 is 5.60 Å². The van der Waals surface area contributed by atoms with Gasteiger partial charge in [-0.05, 0) is 50.8 Å². The molecule has 0 saturated heterocycles. The minimum Gasteiger partial charge on any atom is -0.444 e. The summed E-state index contributed by atoms with van der Waals surface area (Å²) in [5, 5.41) is 7.51. The topological polar surface area (TPSA) is 79.4 Å². The zero-order chi connectivity index (χ0) is 15.6. The van der Waals surface area contributed by atoms with Crippen molar-refractivity contribution in [2.24, 2.45) is 5.73 Å². The lowest BCUT2D eigenvalue weighted by molar-refractivity contribution is 0.0237. The van der Waals surface area contributed by atoms with Crippen LogP contribution in [-0.4, -0.2) is 29.0 Å². The first-order chi connectivity index (χ1) is 9.76. The fraction of sp³-hybridized carbons (Fsp3) is 0.500. The minimum atomic E-state index is -0.481. The van der Waals surface area contributed by atoms with Crippen LogP contribution < -0.4 is 5.73 Å². The van der Waals surface area contributed by atoms with Crippen molar-refractivity contribution in [3.05, 3.63) is 34.9 Å². The number of nitrogens with two attached hydrogens (primary N) is 1. The molecule has 0 radical (unpaired) electrons. The van der Waals surface area contributed by atoms with E-state index in [9.17, 15) is 4.79 Å². The zero-order valence-electron chi connectivity index (χ0n) is 12.9. The molecule has 1 aromatic carbocycles. The fourth-order valence-corrected chi connectivity index (χ4v) is 2.41. The van der Waals surface area contributed by atoms with E-state index >= 15 is 0 Å². The maximum Gasteiger partial charge on any atom is 0.410 e. The Bertz CT molecular complexity index is 561. The van der Waals surface area contributed by atoms with Crippen LogP contribution in [0.15, 0.2) is 18.2 Å². The summed E-state index contributed by atoms with van der Waals surface area (Å²) in [6.45, 7) is 6.84. The number of carbonyl (C=O) groups excluding carboxylic acids is 1. The quantitative estimate of drug-likeness (QED) is 0.616. The van der Waals surface area contributed by atoms with Gasteiger partial charge in [0.05, 0.1) is 0 Å². The molecule has 1 aromatic rings. The molecule has 0 saturated carbocycles. The van der Waals surface area contributed by atoms with E-state index in [1.54, 1.807) is 4.90 Å². The van der Waals surface area contributed by atoms with Crippen molar-refractivity contribution in [3.63, 3.8) is 0 Å². The van der Waals surface area contributed by atoms with Gasteiger partial charge in [-0.1, -0.05) is 12.1 Å². The Morgan fingerprint density at radius 2 is 2.05 bits per heavy atom. The first kappa shape index (κ1) is 15.4. The van der Waals surface area contributed by atoms with E-state index in [1.807, 2.05) is 39.0 Å². The van der Waals surface area contributed by atoms with Gasteiger partial charge in [0.25, 0.3) is 0 Å². The predicted octanol–water partition coefficient (Wildman–Crippen LogP) is 2.65. The van der Waals surface area contributed by atoms with E-state index in [0.717, 1.165) is 29.5 Å². The number of hydrogen-bond acceptors (Lipinski definition) is 3. The third-order valence-corrected chi connectivity index (χ3v) is 3.40. The summed E-state index contributed by atoms with van der Waals surface area (Å²) in [6.07, 6.45) is 1.49. The zero-order valence-corrected chi connectivity index (χ0v) is 12.9. The van der Waals surface area contributed by atoms with Gasteiger partial charge in [0.1, 0.15) is 11.4 Å². The Morgan fingerprint density at radius 3 is 2.67 bits per heavy atom. The summed E-state index contributed by atoms with van der Waals surface area (Å²) < 4.78 is 5.44. The van der Waals surface area contributed by atoms with E-state index in [0.29, 0.717) is 13.1 Å². The van der Waals surface area contributed by atoms with E-state index in [1.165, 1.54) is 0 Å². The molecule has 0 aromatic heterocycles. The van der Waals surface area contributed by atoms with Crippen molar-refractivity contribution < 1.29 is 9.53 Å². The Balaban J connectivity index is 2.18. The van der Waals surface area contributed by atoms with Gasteiger partial charge in [-0.3, -0.25) is 5.41 Å². The number of nitrogen functional groups attached to an aromatic ring is 1. The third-order valence-electron chi connectivity index (χ3n) is 3.40. The van der Waals surface area contributed by atoms with Gasteiger partial charge < -0.3 is 15.4 Å².